The Morgan fingerprint density at radius 3 is 3.05 bits per heavy atom. The summed E-state index contributed by atoms with van der Waals surface area (Å²) >= 11 is 0. The standard InChI is InChI=1S/C17H22N2O2/c1-11-6-7-19(10-15(11)20)16(21)8-13-9-18-14-5-3-4-12(2)17(13)14/h3-5,9,11,15,18,20H,6-8,10H2,1-2H3. The molecule has 2 N–H and O–H groups in total. The van der Waals surface area contributed by atoms with E-state index in [2.05, 4.69) is 18.0 Å². The van der Waals surface area contributed by atoms with E-state index in [-0.39, 0.29) is 11.8 Å². The van der Waals surface area contributed by atoms with Crippen LogP contribution in [0.3, 0.4) is 0 Å². The number of aromatic amines is 1. The van der Waals surface area contributed by atoms with Crippen molar-refractivity contribution in [1.29, 1.82) is 0 Å². The summed E-state index contributed by atoms with van der Waals surface area (Å²) in [4.78, 5) is 17.5. The van der Waals surface area contributed by atoms with E-state index in [9.17, 15) is 9.90 Å². The minimum Gasteiger partial charge on any atom is -0.391 e. The van der Waals surface area contributed by atoms with Crippen molar-refractivity contribution in [2.24, 2.45) is 5.92 Å². The zero-order chi connectivity index (χ0) is 15.0. The third-order valence-corrected chi connectivity index (χ3v) is 4.61. The summed E-state index contributed by atoms with van der Waals surface area (Å²) < 4.78 is 0. The number of nitrogens with zero attached hydrogens (tertiary/aromatic N) is 1. The zero-order valence-corrected chi connectivity index (χ0v) is 12.6. The number of nitrogens with one attached hydrogen (secondary N) is 1. The first-order valence-electron chi connectivity index (χ1n) is 7.57. The van der Waals surface area contributed by atoms with Crippen LogP contribution in [0.15, 0.2) is 24.4 Å². The van der Waals surface area contributed by atoms with Gasteiger partial charge in [0.05, 0.1) is 12.5 Å². The van der Waals surface area contributed by atoms with Gasteiger partial charge >= 0.3 is 0 Å². The lowest BCUT2D eigenvalue weighted by atomic mass is 9.95. The van der Waals surface area contributed by atoms with Crippen LogP contribution in [0.25, 0.3) is 10.9 Å². The molecule has 1 aliphatic heterocycles. The van der Waals surface area contributed by atoms with Crippen molar-refractivity contribution in [2.45, 2.75) is 32.8 Å². The van der Waals surface area contributed by atoms with Crippen molar-refractivity contribution in [2.75, 3.05) is 13.1 Å². The highest BCUT2D eigenvalue weighted by Gasteiger charge is 2.27. The number of aliphatic hydroxyl groups excluding tert-OH is 1. The first-order valence-corrected chi connectivity index (χ1v) is 7.57. The molecular formula is C17H22N2O2. The van der Waals surface area contributed by atoms with E-state index in [1.165, 1.54) is 5.56 Å². The number of likely N-dealkylation sites (tertiary alicyclic amines) is 1. The fourth-order valence-corrected chi connectivity index (χ4v) is 3.14. The minimum absolute atomic E-state index is 0.102. The number of H-pyrrole nitrogens is 1. The lowest BCUT2D eigenvalue weighted by molar-refractivity contribution is -0.134. The van der Waals surface area contributed by atoms with Crippen LogP contribution in [0.4, 0.5) is 0 Å². The summed E-state index contributed by atoms with van der Waals surface area (Å²) in [7, 11) is 0. The third-order valence-electron chi connectivity index (χ3n) is 4.61. The number of carbonyl (C=O) groups is 1. The highest BCUT2D eigenvalue weighted by atomic mass is 16.3. The number of benzene rings is 1. The maximum Gasteiger partial charge on any atom is 0.227 e. The quantitative estimate of drug-likeness (QED) is 0.889. The van der Waals surface area contributed by atoms with Crippen LogP contribution in [0.1, 0.15) is 24.5 Å². The molecule has 1 saturated heterocycles. The third kappa shape index (κ3) is 2.68. The maximum absolute atomic E-state index is 12.5. The fourth-order valence-electron chi connectivity index (χ4n) is 3.14. The van der Waals surface area contributed by atoms with Gasteiger partial charge in [-0.05, 0) is 36.5 Å². The van der Waals surface area contributed by atoms with Gasteiger partial charge in [-0.3, -0.25) is 4.79 Å². The Morgan fingerprint density at radius 2 is 2.29 bits per heavy atom. The van der Waals surface area contributed by atoms with Gasteiger partial charge < -0.3 is 15.0 Å². The Balaban J connectivity index is 1.78. The molecule has 1 amide bonds. The highest BCUT2D eigenvalue weighted by molar-refractivity contribution is 5.91. The SMILES string of the molecule is Cc1cccc2[nH]cc(CC(=O)N3CCC(C)C(O)C3)c12. The van der Waals surface area contributed by atoms with E-state index in [4.69, 9.17) is 0 Å². The molecule has 0 aliphatic carbocycles. The minimum atomic E-state index is -0.396. The molecule has 1 aromatic heterocycles. The molecule has 2 aromatic rings. The van der Waals surface area contributed by atoms with Gasteiger partial charge in [0, 0.05) is 30.2 Å². The number of aliphatic hydroxyl groups is 1. The molecule has 3 rings (SSSR count). The zero-order valence-electron chi connectivity index (χ0n) is 12.6. The Hall–Kier alpha value is -1.81. The number of hydrogen-bond donors (Lipinski definition) is 2. The van der Waals surface area contributed by atoms with Crippen LogP contribution in [0, 0.1) is 12.8 Å². The van der Waals surface area contributed by atoms with Gasteiger partial charge in [0.2, 0.25) is 5.91 Å². The van der Waals surface area contributed by atoms with Gasteiger partial charge in [0.15, 0.2) is 0 Å². The smallest absolute Gasteiger partial charge is 0.227 e. The molecule has 1 aromatic carbocycles. The summed E-state index contributed by atoms with van der Waals surface area (Å²) in [5.74, 6) is 0.384. The van der Waals surface area contributed by atoms with Crippen LogP contribution < -0.4 is 0 Å². The van der Waals surface area contributed by atoms with Crippen LogP contribution >= 0.6 is 0 Å². The van der Waals surface area contributed by atoms with Gasteiger partial charge in [-0.15, -0.1) is 0 Å². The molecule has 4 heteroatoms. The first-order chi connectivity index (χ1) is 10.1. The molecule has 0 spiro atoms. The monoisotopic (exact) mass is 286 g/mol. The molecule has 1 aliphatic rings. The molecule has 112 valence electrons. The molecule has 2 heterocycles. The first kappa shape index (κ1) is 14.1. The number of aryl methyl sites for hydroxylation is 1. The van der Waals surface area contributed by atoms with Crippen molar-refractivity contribution in [1.82, 2.24) is 9.88 Å². The van der Waals surface area contributed by atoms with Gasteiger partial charge in [-0.25, -0.2) is 0 Å². The van der Waals surface area contributed by atoms with E-state index in [0.29, 0.717) is 13.0 Å². The number of aromatic nitrogens is 1. The van der Waals surface area contributed by atoms with Crippen molar-refractivity contribution >= 4 is 16.8 Å². The number of piperidine rings is 1. The molecule has 2 atom stereocenters. The molecule has 2 unspecified atom stereocenters. The van der Waals surface area contributed by atoms with Crippen molar-refractivity contribution < 1.29 is 9.90 Å². The van der Waals surface area contributed by atoms with Crippen LogP contribution in [0.2, 0.25) is 0 Å². The highest BCUT2D eigenvalue weighted by Crippen LogP contribution is 2.24. The second-order valence-electron chi connectivity index (χ2n) is 6.16. The fraction of sp³-hybridized carbons (Fsp3) is 0.471. The van der Waals surface area contributed by atoms with Crippen molar-refractivity contribution in [3.8, 4) is 0 Å². The predicted molar refractivity (Wildman–Crippen MR) is 83.1 cm³/mol. The van der Waals surface area contributed by atoms with Crippen molar-refractivity contribution in [3.63, 3.8) is 0 Å². The Bertz CT molecular complexity index is 662. The number of rotatable bonds is 2. The maximum atomic E-state index is 12.5. The van der Waals surface area contributed by atoms with Gasteiger partial charge in [0.1, 0.15) is 0 Å². The van der Waals surface area contributed by atoms with Crippen molar-refractivity contribution in [3.05, 3.63) is 35.5 Å². The average molecular weight is 286 g/mol. The molecule has 1 fully saturated rings. The van der Waals surface area contributed by atoms with Crippen LogP contribution in [0.5, 0.6) is 0 Å². The Labute approximate surface area is 124 Å². The molecule has 21 heavy (non-hydrogen) atoms. The second-order valence-corrected chi connectivity index (χ2v) is 6.16. The summed E-state index contributed by atoms with van der Waals surface area (Å²) in [5, 5.41) is 11.1. The van der Waals surface area contributed by atoms with E-state index in [1.807, 2.05) is 25.3 Å². The van der Waals surface area contributed by atoms with Gasteiger partial charge in [-0.1, -0.05) is 19.1 Å². The molecule has 0 bridgehead atoms. The van der Waals surface area contributed by atoms with E-state index < -0.39 is 6.10 Å². The number of fused-ring (bicyclic) bond motifs is 1. The predicted octanol–water partition coefficient (Wildman–Crippen LogP) is 2.25. The molecular weight excluding hydrogens is 264 g/mol. The van der Waals surface area contributed by atoms with E-state index >= 15 is 0 Å². The summed E-state index contributed by atoms with van der Waals surface area (Å²) in [6, 6.07) is 6.11. The van der Waals surface area contributed by atoms with Gasteiger partial charge in [-0.2, -0.15) is 0 Å². The largest absolute Gasteiger partial charge is 0.391 e. The summed E-state index contributed by atoms with van der Waals surface area (Å²) in [5.41, 5.74) is 3.30. The number of β-amino-alcohol motifs (C(OH)–C–C–N with tert-alkyl or cyclic N) is 1. The average Bonchev–Trinajstić information content (AvgIpc) is 2.86. The molecule has 4 nitrogen and oxygen atoms in total. The normalized spacial score (nSPS) is 22.7. The van der Waals surface area contributed by atoms with Crippen LogP contribution in [-0.4, -0.2) is 40.1 Å². The second kappa shape index (κ2) is 5.53. The number of carbonyl (C=O) groups excluding carboxylic acids is 1. The Morgan fingerprint density at radius 1 is 1.48 bits per heavy atom. The Kier molecular flexibility index (Phi) is 3.72. The lowest BCUT2D eigenvalue weighted by Gasteiger charge is -2.34. The topological polar surface area (TPSA) is 56.3 Å². The molecule has 0 saturated carbocycles. The van der Waals surface area contributed by atoms with Gasteiger partial charge in [0.25, 0.3) is 0 Å². The molecule has 0 radical (unpaired) electrons. The number of amides is 1. The lowest BCUT2D eigenvalue weighted by Crippen LogP contribution is -2.46. The number of hydrogen-bond acceptors (Lipinski definition) is 2. The van der Waals surface area contributed by atoms with E-state index in [0.717, 1.165) is 29.4 Å². The summed E-state index contributed by atoms with van der Waals surface area (Å²) in [6.45, 7) is 5.31. The summed E-state index contributed by atoms with van der Waals surface area (Å²) in [6.07, 6.45) is 2.80. The van der Waals surface area contributed by atoms with E-state index in [1.54, 1.807) is 4.90 Å². The van der Waals surface area contributed by atoms with Crippen LogP contribution in [-0.2, 0) is 11.2 Å².